The summed E-state index contributed by atoms with van der Waals surface area (Å²) in [5.41, 5.74) is 15.8. The topological polar surface area (TPSA) is 0 Å². The molecule has 0 aromatic heterocycles. The Morgan fingerprint density at radius 3 is 1.52 bits per heavy atom. The van der Waals surface area contributed by atoms with E-state index in [2.05, 4.69) is 104 Å². The molecule has 2 aliphatic rings. The van der Waals surface area contributed by atoms with Crippen molar-refractivity contribution in [3.63, 3.8) is 0 Å². The molecule has 0 radical (unpaired) electrons. The molecule has 0 heterocycles. The minimum Gasteiger partial charge on any atom is -0.0654 e. The van der Waals surface area contributed by atoms with E-state index in [1.165, 1.54) is 129 Å². The normalized spacial score (nSPS) is 14.8. The van der Waals surface area contributed by atoms with Crippen molar-refractivity contribution >= 4 is 0 Å². The van der Waals surface area contributed by atoms with E-state index in [0.29, 0.717) is 0 Å². The summed E-state index contributed by atoms with van der Waals surface area (Å²) in [7, 11) is 0. The zero-order valence-corrected chi connectivity index (χ0v) is 29.7. The summed E-state index contributed by atoms with van der Waals surface area (Å²) in [5.74, 6) is 0. The zero-order valence-electron chi connectivity index (χ0n) is 29.7. The number of hydrogen-bond donors (Lipinski definition) is 0. The van der Waals surface area contributed by atoms with E-state index in [1.807, 2.05) is 0 Å². The molecule has 0 amide bonds. The minimum absolute atomic E-state index is 0.130. The highest BCUT2D eigenvalue weighted by Crippen LogP contribution is 2.57. The molecule has 5 rings (SSSR count). The second kappa shape index (κ2) is 13.6. The molecule has 0 atom stereocenters. The third kappa shape index (κ3) is 6.76. The van der Waals surface area contributed by atoms with Crippen LogP contribution in [0.4, 0.5) is 0 Å². The van der Waals surface area contributed by atoms with Gasteiger partial charge in [0, 0.05) is 5.41 Å². The van der Waals surface area contributed by atoms with Gasteiger partial charge in [-0.2, -0.15) is 0 Å². The molecular weight excluding hydrogens is 528 g/mol. The van der Waals surface area contributed by atoms with E-state index < -0.39 is 0 Å². The van der Waals surface area contributed by atoms with Gasteiger partial charge in [0.05, 0.1) is 0 Å². The molecule has 238 valence electrons. The van der Waals surface area contributed by atoms with Crippen LogP contribution in [0.25, 0.3) is 22.3 Å². The molecule has 0 unspecified atom stereocenters. The van der Waals surface area contributed by atoms with Gasteiger partial charge in [0.15, 0.2) is 0 Å². The van der Waals surface area contributed by atoms with Crippen molar-refractivity contribution in [1.82, 2.24) is 0 Å². The van der Waals surface area contributed by atoms with Crippen molar-refractivity contribution < 1.29 is 0 Å². The Balaban J connectivity index is 1.58. The van der Waals surface area contributed by atoms with Crippen molar-refractivity contribution in [3.05, 3.63) is 81.9 Å². The number of unbranched alkanes of at least 4 members (excludes halogenated alkanes) is 10. The smallest absolute Gasteiger partial charge is 0.0215 e. The summed E-state index contributed by atoms with van der Waals surface area (Å²) in [6, 6.07) is 20.3. The highest BCUT2D eigenvalue weighted by molar-refractivity contribution is 5.88. The van der Waals surface area contributed by atoms with Crippen molar-refractivity contribution in [2.24, 2.45) is 0 Å². The lowest BCUT2D eigenvalue weighted by Crippen LogP contribution is -2.26. The average molecular weight is 591 g/mol. The molecular formula is C44H62. The van der Waals surface area contributed by atoms with Gasteiger partial charge in [-0.05, 0) is 97.9 Å². The van der Waals surface area contributed by atoms with Crippen LogP contribution in [0.15, 0.2) is 48.5 Å². The van der Waals surface area contributed by atoms with Gasteiger partial charge < -0.3 is 0 Å². The molecule has 0 nitrogen and oxygen atoms in total. The Morgan fingerprint density at radius 1 is 0.477 bits per heavy atom. The standard InChI is InChI=1S/C44H62/c1-9-11-13-15-17-19-25-44(26-20-18-16-14-12-10-2)40-30-35(43(6,7)8)22-24-37(40)39-29-33-27-32-28-34(42(3,4)5)21-23-36(32)38(33)31-41(39)44/h21-24,28-31H,9-20,25-27H2,1-8H3. The molecule has 3 aromatic carbocycles. The van der Waals surface area contributed by atoms with Crippen molar-refractivity contribution in [3.8, 4) is 22.3 Å². The molecule has 0 aliphatic heterocycles. The SMILES string of the molecule is CCCCCCCCC1(CCCCCCCC)c2cc(C(C)(C)C)ccc2-c2cc3c(cc21)-c1ccc(C(C)(C)C)cc1C3. The fourth-order valence-electron chi connectivity index (χ4n) is 8.20. The fraction of sp³-hybridized carbons (Fsp3) is 0.591. The summed E-state index contributed by atoms with van der Waals surface area (Å²) >= 11 is 0. The number of rotatable bonds is 14. The number of fused-ring (bicyclic) bond motifs is 6. The highest BCUT2D eigenvalue weighted by Gasteiger charge is 2.44. The molecule has 0 spiro atoms. The summed E-state index contributed by atoms with van der Waals surface area (Å²) in [6.07, 6.45) is 20.0. The van der Waals surface area contributed by atoms with E-state index in [0.717, 1.165) is 6.42 Å². The van der Waals surface area contributed by atoms with Crippen molar-refractivity contribution in [2.45, 2.75) is 168 Å². The number of hydrogen-bond acceptors (Lipinski definition) is 0. The van der Waals surface area contributed by atoms with Gasteiger partial charge in [0.2, 0.25) is 0 Å². The third-order valence-corrected chi connectivity index (χ3v) is 11.0. The van der Waals surface area contributed by atoms with E-state index in [4.69, 9.17) is 0 Å². The molecule has 0 saturated carbocycles. The van der Waals surface area contributed by atoms with Gasteiger partial charge in [-0.1, -0.05) is 169 Å². The fourth-order valence-corrected chi connectivity index (χ4v) is 8.20. The van der Waals surface area contributed by atoms with Gasteiger partial charge in [-0.3, -0.25) is 0 Å². The Hall–Kier alpha value is -2.34. The first-order valence-electron chi connectivity index (χ1n) is 18.5. The Kier molecular flexibility index (Phi) is 10.2. The van der Waals surface area contributed by atoms with Crippen molar-refractivity contribution in [1.29, 1.82) is 0 Å². The van der Waals surface area contributed by atoms with Crippen LogP contribution in [0.3, 0.4) is 0 Å². The summed E-state index contributed by atoms with van der Waals surface area (Å²) < 4.78 is 0. The predicted octanol–water partition coefficient (Wildman–Crippen LogP) is 13.6. The maximum atomic E-state index is 2.69. The lowest BCUT2D eigenvalue weighted by Gasteiger charge is -2.34. The van der Waals surface area contributed by atoms with E-state index >= 15 is 0 Å². The van der Waals surface area contributed by atoms with E-state index in [9.17, 15) is 0 Å². The van der Waals surface area contributed by atoms with Crippen LogP contribution in [-0.4, -0.2) is 0 Å². The molecule has 44 heavy (non-hydrogen) atoms. The van der Waals surface area contributed by atoms with Gasteiger partial charge in [-0.15, -0.1) is 0 Å². The Bertz CT molecular complexity index is 1400. The quantitative estimate of drug-likeness (QED) is 0.128. The minimum atomic E-state index is 0.130. The molecule has 3 aromatic rings. The first kappa shape index (κ1) is 33.0. The van der Waals surface area contributed by atoms with Crippen LogP contribution in [-0.2, 0) is 22.7 Å². The molecule has 0 N–H and O–H groups in total. The lowest BCUT2D eigenvalue weighted by atomic mass is 9.69. The van der Waals surface area contributed by atoms with Crippen LogP contribution in [0, 0.1) is 0 Å². The number of benzene rings is 3. The first-order chi connectivity index (χ1) is 21.0. The van der Waals surface area contributed by atoms with Crippen LogP contribution in [0.1, 0.15) is 179 Å². The third-order valence-electron chi connectivity index (χ3n) is 11.0. The highest BCUT2D eigenvalue weighted by atomic mass is 14.5. The zero-order chi connectivity index (χ0) is 31.5. The second-order valence-electron chi connectivity index (χ2n) is 16.5. The largest absolute Gasteiger partial charge is 0.0654 e. The van der Waals surface area contributed by atoms with Crippen LogP contribution >= 0.6 is 0 Å². The van der Waals surface area contributed by atoms with E-state index in [-0.39, 0.29) is 16.2 Å². The van der Waals surface area contributed by atoms with Gasteiger partial charge in [-0.25, -0.2) is 0 Å². The predicted molar refractivity (Wildman–Crippen MR) is 194 cm³/mol. The summed E-state index contributed by atoms with van der Waals surface area (Å²) in [4.78, 5) is 0. The molecule has 0 saturated heterocycles. The Morgan fingerprint density at radius 2 is 0.955 bits per heavy atom. The van der Waals surface area contributed by atoms with Crippen molar-refractivity contribution in [2.75, 3.05) is 0 Å². The first-order valence-corrected chi connectivity index (χ1v) is 18.5. The molecule has 0 fully saturated rings. The second-order valence-corrected chi connectivity index (χ2v) is 16.5. The molecule has 0 heteroatoms. The van der Waals surface area contributed by atoms with Crippen LogP contribution in [0.5, 0.6) is 0 Å². The van der Waals surface area contributed by atoms with Gasteiger partial charge in [0.1, 0.15) is 0 Å². The molecule has 0 bridgehead atoms. The van der Waals surface area contributed by atoms with Crippen LogP contribution < -0.4 is 0 Å². The molecule has 2 aliphatic carbocycles. The lowest BCUT2D eigenvalue weighted by molar-refractivity contribution is 0.397. The average Bonchev–Trinajstić information content (AvgIpc) is 3.46. The monoisotopic (exact) mass is 590 g/mol. The maximum absolute atomic E-state index is 2.69. The van der Waals surface area contributed by atoms with Crippen LogP contribution in [0.2, 0.25) is 0 Å². The van der Waals surface area contributed by atoms with E-state index in [1.54, 1.807) is 16.7 Å². The maximum Gasteiger partial charge on any atom is 0.0215 e. The van der Waals surface area contributed by atoms with Gasteiger partial charge >= 0.3 is 0 Å². The Labute approximate surface area is 271 Å². The summed E-state index contributed by atoms with van der Waals surface area (Å²) in [5, 5.41) is 0. The van der Waals surface area contributed by atoms with Gasteiger partial charge in [0.25, 0.3) is 0 Å². The summed E-state index contributed by atoms with van der Waals surface area (Å²) in [6.45, 7) is 18.8.